The van der Waals surface area contributed by atoms with Gasteiger partial charge in [-0.05, 0) is 67.6 Å². The lowest BCUT2D eigenvalue weighted by Gasteiger charge is -2.40. The number of ether oxygens (including phenoxy) is 1. The van der Waals surface area contributed by atoms with E-state index in [2.05, 4.69) is 16.0 Å². The summed E-state index contributed by atoms with van der Waals surface area (Å²) in [5.41, 5.74) is 1.26. The molecule has 2 amide bonds. The molecule has 12 heteroatoms. The summed E-state index contributed by atoms with van der Waals surface area (Å²) < 4.78 is 49.0. The minimum atomic E-state index is -3.81. The van der Waals surface area contributed by atoms with Crippen LogP contribution in [0.3, 0.4) is 0 Å². The van der Waals surface area contributed by atoms with Crippen LogP contribution in [-0.2, 0) is 26.0 Å². The molecule has 4 atom stereocenters. The molecule has 0 spiro atoms. The van der Waals surface area contributed by atoms with Gasteiger partial charge in [-0.3, -0.25) is 4.79 Å². The van der Waals surface area contributed by atoms with E-state index >= 15 is 4.39 Å². The Kier molecular flexibility index (Phi) is 11.6. The number of hydrogen-bond acceptors (Lipinski definition) is 6. The molecular formula is C33H40ClFN4O5S. The Hall–Kier alpha value is -3.51. The zero-order chi connectivity index (χ0) is 32.7. The first-order valence-electron chi connectivity index (χ1n) is 14.9. The lowest BCUT2D eigenvalue weighted by Crippen LogP contribution is -2.58. The van der Waals surface area contributed by atoms with Crippen LogP contribution < -0.4 is 16.0 Å². The summed E-state index contributed by atoms with van der Waals surface area (Å²) in [4.78, 5) is 26.5. The van der Waals surface area contributed by atoms with Crippen molar-refractivity contribution >= 4 is 39.3 Å². The van der Waals surface area contributed by atoms with Gasteiger partial charge in [0, 0.05) is 47.4 Å². The number of carbonyl (C=O) groups excluding carboxylic acids is 2. The number of benzene rings is 3. The van der Waals surface area contributed by atoms with E-state index in [1.165, 1.54) is 23.5 Å². The van der Waals surface area contributed by atoms with Crippen molar-refractivity contribution in [3.05, 3.63) is 94.8 Å². The maximum Gasteiger partial charge on any atom is 0.407 e. The maximum absolute atomic E-state index is 15.4. The van der Waals surface area contributed by atoms with Crippen molar-refractivity contribution in [3.8, 4) is 0 Å². The fourth-order valence-electron chi connectivity index (χ4n) is 5.98. The third kappa shape index (κ3) is 8.21. The molecular weight excluding hydrogens is 619 g/mol. The third-order valence-corrected chi connectivity index (χ3v) is 10.4. The highest BCUT2D eigenvalue weighted by Crippen LogP contribution is 2.32. The predicted molar refractivity (Wildman–Crippen MR) is 173 cm³/mol. The van der Waals surface area contributed by atoms with Crippen LogP contribution in [0.2, 0.25) is 5.02 Å². The van der Waals surface area contributed by atoms with E-state index in [4.69, 9.17) is 16.3 Å². The minimum absolute atomic E-state index is 0.0931. The van der Waals surface area contributed by atoms with Crippen molar-refractivity contribution < 1.29 is 27.1 Å². The largest absolute Gasteiger partial charge is 0.453 e. The Morgan fingerprint density at radius 2 is 1.73 bits per heavy atom. The zero-order valence-corrected chi connectivity index (χ0v) is 27.4. The second-order valence-electron chi connectivity index (χ2n) is 11.5. The second kappa shape index (κ2) is 15.2. The molecule has 242 valence electrons. The number of amides is 2. The Morgan fingerprint density at radius 3 is 2.38 bits per heavy atom. The Bertz CT molecular complexity index is 1570. The summed E-state index contributed by atoms with van der Waals surface area (Å²) in [5.74, 6) is -1.64. The number of carbonyl (C=O) groups is 2. The number of nitrogens with zero attached hydrogens (tertiary/aromatic N) is 1. The van der Waals surface area contributed by atoms with Crippen molar-refractivity contribution in [3.63, 3.8) is 0 Å². The molecule has 1 aliphatic rings. The zero-order valence-electron chi connectivity index (χ0n) is 25.8. The predicted octanol–water partition coefficient (Wildman–Crippen LogP) is 5.57. The van der Waals surface area contributed by atoms with E-state index in [1.807, 2.05) is 20.8 Å². The Morgan fingerprint density at radius 1 is 1.04 bits per heavy atom. The molecule has 0 bridgehead atoms. The fraction of sp³-hybridized carbons (Fsp3) is 0.394. The lowest BCUT2D eigenvalue weighted by molar-refractivity contribution is -0.118. The third-order valence-electron chi connectivity index (χ3n) is 8.11. The molecule has 0 unspecified atom stereocenters. The number of halogens is 2. The molecule has 1 heterocycles. The summed E-state index contributed by atoms with van der Waals surface area (Å²) >= 11 is 6.10. The highest BCUT2D eigenvalue weighted by Gasteiger charge is 2.38. The first-order chi connectivity index (χ1) is 21.4. The van der Waals surface area contributed by atoms with Gasteiger partial charge in [-0.25, -0.2) is 17.6 Å². The molecule has 0 saturated carbocycles. The van der Waals surface area contributed by atoms with Crippen molar-refractivity contribution in [2.24, 2.45) is 5.92 Å². The summed E-state index contributed by atoms with van der Waals surface area (Å²) in [6.45, 7) is 6.59. The van der Waals surface area contributed by atoms with E-state index in [1.54, 1.807) is 60.7 Å². The van der Waals surface area contributed by atoms with Gasteiger partial charge < -0.3 is 20.7 Å². The second-order valence-corrected chi connectivity index (χ2v) is 13.8. The topological polar surface area (TPSA) is 117 Å². The van der Waals surface area contributed by atoms with Gasteiger partial charge in [-0.1, -0.05) is 61.8 Å². The van der Waals surface area contributed by atoms with E-state index in [9.17, 15) is 18.0 Å². The molecule has 0 aliphatic carbocycles. The van der Waals surface area contributed by atoms with E-state index in [-0.39, 0.29) is 34.5 Å². The van der Waals surface area contributed by atoms with Crippen molar-refractivity contribution in [1.82, 2.24) is 14.9 Å². The van der Waals surface area contributed by atoms with Crippen LogP contribution in [0.1, 0.15) is 44.2 Å². The van der Waals surface area contributed by atoms with E-state index < -0.39 is 45.8 Å². The first kappa shape index (κ1) is 34.4. The molecule has 9 nitrogen and oxygen atoms in total. The van der Waals surface area contributed by atoms with E-state index in [0.717, 1.165) is 5.56 Å². The molecule has 45 heavy (non-hydrogen) atoms. The first-order valence-corrected chi connectivity index (χ1v) is 16.7. The Balaban J connectivity index is 1.60. The highest BCUT2D eigenvalue weighted by molar-refractivity contribution is 7.89. The van der Waals surface area contributed by atoms with Gasteiger partial charge in [0.2, 0.25) is 15.9 Å². The van der Waals surface area contributed by atoms with Crippen molar-refractivity contribution in [1.29, 1.82) is 0 Å². The van der Waals surface area contributed by atoms with Crippen molar-refractivity contribution in [2.45, 2.75) is 62.6 Å². The van der Waals surface area contributed by atoms with Gasteiger partial charge in [-0.15, -0.1) is 0 Å². The molecule has 1 aliphatic heterocycles. The number of piperazine rings is 1. The number of sulfonamides is 1. The van der Waals surface area contributed by atoms with Gasteiger partial charge in [0.05, 0.1) is 12.0 Å². The van der Waals surface area contributed by atoms with Crippen LogP contribution in [0.4, 0.5) is 14.9 Å². The number of hydrogen-bond donors (Lipinski definition) is 3. The molecule has 3 aromatic carbocycles. The lowest BCUT2D eigenvalue weighted by atomic mass is 9.82. The fourth-order valence-corrected chi connectivity index (χ4v) is 7.97. The number of rotatable bonds is 11. The van der Waals surface area contributed by atoms with Crippen LogP contribution in [0.5, 0.6) is 0 Å². The molecule has 3 aromatic rings. The molecule has 4 rings (SSSR count). The quantitative estimate of drug-likeness (QED) is 0.248. The summed E-state index contributed by atoms with van der Waals surface area (Å²) in [6.07, 6.45) is -0.328. The number of anilines is 1. The van der Waals surface area contributed by atoms with Crippen LogP contribution in [0, 0.1) is 11.7 Å². The Labute approximate surface area is 269 Å². The van der Waals surface area contributed by atoms with E-state index in [0.29, 0.717) is 24.5 Å². The van der Waals surface area contributed by atoms with Gasteiger partial charge >= 0.3 is 6.09 Å². The van der Waals surface area contributed by atoms with Crippen LogP contribution >= 0.6 is 11.6 Å². The van der Waals surface area contributed by atoms with Gasteiger partial charge in [0.25, 0.3) is 0 Å². The normalized spacial score (nSPS) is 18.6. The molecule has 0 radical (unpaired) electrons. The summed E-state index contributed by atoms with van der Waals surface area (Å²) in [5, 5.41) is 9.32. The highest BCUT2D eigenvalue weighted by atomic mass is 35.5. The number of nitrogens with one attached hydrogen (secondary N) is 3. The smallest absolute Gasteiger partial charge is 0.407 e. The van der Waals surface area contributed by atoms with Gasteiger partial charge in [0.15, 0.2) is 0 Å². The molecule has 1 fully saturated rings. The maximum atomic E-state index is 15.4. The molecule has 0 aromatic heterocycles. The molecule has 3 N–H and O–H groups in total. The SMILES string of the molecule is COC(=O)N[C@H](C(=O)Nc1cccc(F)c1CC[C@H]1CNC[C@H](C)N1S(=O)(=O)c1ccccc1)[C@@H](c1ccc(Cl)cc1)C(C)C. The average Bonchev–Trinajstić information content (AvgIpc) is 3.01. The van der Waals surface area contributed by atoms with Crippen LogP contribution in [-0.4, -0.2) is 63.0 Å². The van der Waals surface area contributed by atoms with Crippen molar-refractivity contribution in [2.75, 3.05) is 25.5 Å². The summed E-state index contributed by atoms with van der Waals surface area (Å²) in [7, 11) is -2.59. The average molecular weight is 659 g/mol. The standard InChI is InChI=1S/C33H40ClFN4O5S/c1-21(2)30(23-13-15-24(34)16-14-23)31(38-33(41)44-4)32(40)37-29-12-8-11-28(35)27(29)18-17-25-20-36-19-22(3)39(25)45(42,43)26-9-6-5-7-10-26/h5-16,21-22,25,30-31,36H,17-20H2,1-4H3,(H,37,40)(H,38,41)/t22-,25-,30+,31-/m0/s1. The number of methoxy groups -OCH3 is 1. The van der Waals surface area contributed by atoms with Gasteiger partial charge in [-0.2, -0.15) is 4.31 Å². The van der Waals surface area contributed by atoms with Crippen LogP contribution in [0.15, 0.2) is 77.7 Å². The molecule has 1 saturated heterocycles. The monoisotopic (exact) mass is 658 g/mol. The number of alkyl carbamates (subject to hydrolysis) is 1. The summed E-state index contributed by atoms with van der Waals surface area (Å²) in [6, 6.07) is 17.8. The minimum Gasteiger partial charge on any atom is -0.453 e. The van der Waals surface area contributed by atoms with Gasteiger partial charge in [0.1, 0.15) is 11.9 Å². The van der Waals surface area contributed by atoms with Crippen LogP contribution in [0.25, 0.3) is 0 Å².